The summed E-state index contributed by atoms with van der Waals surface area (Å²) in [7, 11) is 0. The van der Waals surface area contributed by atoms with E-state index in [9.17, 15) is 9.90 Å². The molecule has 2 N–H and O–H groups in total. The normalized spacial score (nSPS) is 26.9. The topological polar surface area (TPSA) is 49.3 Å². The van der Waals surface area contributed by atoms with E-state index in [1.54, 1.807) is 6.07 Å². The zero-order valence-electron chi connectivity index (χ0n) is 11.9. The van der Waals surface area contributed by atoms with Gasteiger partial charge in [0.05, 0.1) is 5.56 Å². The summed E-state index contributed by atoms with van der Waals surface area (Å²) in [6, 6.07) is 6.18. The molecule has 0 spiro atoms. The van der Waals surface area contributed by atoms with Crippen LogP contribution >= 0.6 is 0 Å². The number of carbonyl (C=O) groups is 1. The highest BCUT2D eigenvalue weighted by Gasteiger charge is 2.33. The Labute approximate surface area is 124 Å². The molecule has 1 heterocycles. The van der Waals surface area contributed by atoms with Crippen molar-refractivity contribution in [2.24, 2.45) is 5.92 Å². The van der Waals surface area contributed by atoms with E-state index in [4.69, 9.17) is 0 Å². The van der Waals surface area contributed by atoms with E-state index in [1.807, 2.05) is 12.1 Å². The first-order valence-corrected chi connectivity index (χ1v) is 7.77. The van der Waals surface area contributed by atoms with Crippen LogP contribution < -0.4 is 5.32 Å². The first-order chi connectivity index (χ1) is 10.3. The Hall–Kier alpha value is -1.87. The smallest absolute Gasteiger partial charge is 0.336 e. The molecule has 0 bridgehead atoms. The molecule has 0 amide bonds. The van der Waals surface area contributed by atoms with Crippen molar-refractivity contribution in [3.63, 3.8) is 0 Å². The third-order valence-corrected chi connectivity index (χ3v) is 5.04. The minimum Gasteiger partial charge on any atom is -0.478 e. The van der Waals surface area contributed by atoms with Crippen LogP contribution in [0.5, 0.6) is 0 Å². The summed E-state index contributed by atoms with van der Waals surface area (Å²) < 4.78 is 0. The van der Waals surface area contributed by atoms with E-state index in [-0.39, 0.29) is 0 Å². The summed E-state index contributed by atoms with van der Waals surface area (Å²) in [6.07, 6.45) is 8.91. The Morgan fingerprint density at radius 1 is 1.29 bits per heavy atom. The molecule has 1 aromatic rings. The first-order valence-electron chi connectivity index (χ1n) is 7.77. The maximum absolute atomic E-state index is 11.5. The molecular formula is C18H19NO2. The number of benzene rings is 1. The summed E-state index contributed by atoms with van der Waals surface area (Å²) >= 11 is 0. The summed E-state index contributed by atoms with van der Waals surface area (Å²) in [5.74, 6) is -0.373. The van der Waals surface area contributed by atoms with Crippen LogP contribution in [0.4, 0.5) is 0 Å². The number of piperidine rings is 1. The molecule has 1 fully saturated rings. The molecule has 3 heteroatoms. The number of fused-ring (bicyclic) bond motifs is 4. The number of nitrogens with one attached hydrogen (secondary N) is 1. The average Bonchev–Trinajstić information content (AvgIpc) is 2.53. The highest BCUT2D eigenvalue weighted by Crippen LogP contribution is 2.45. The number of rotatable bonds is 1. The highest BCUT2D eigenvalue weighted by atomic mass is 16.4. The van der Waals surface area contributed by atoms with Crippen molar-refractivity contribution in [2.45, 2.75) is 31.7 Å². The van der Waals surface area contributed by atoms with Crippen molar-refractivity contribution in [1.29, 1.82) is 0 Å². The van der Waals surface area contributed by atoms with Crippen LogP contribution in [0.15, 0.2) is 29.8 Å². The lowest BCUT2D eigenvalue weighted by molar-refractivity contribution is 0.0696. The lowest BCUT2D eigenvalue weighted by Crippen LogP contribution is -2.40. The van der Waals surface area contributed by atoms with Crippen LogP contribution in [0.1, 0.15) is 47.2 Å². The predicted molar refractivity (Wildman–Crippen MR) is 83.1 cm³/mol. The lowest BCUT2D eigenvalue weighted by atomic mass is 9.71. The first kappa shape index (κ1) is 12.8. The van der Waals surface area contributed by atoms with E-state index in [1.165, 1.54) is 24.0 Å². The molecule has 3 nitrogen and oxygen atoms in total. The van der Waals surface area contributed by atoms with Crippen LogP contribution in [-0.2, 0) is 0 Å². The minimum atomic E-state index is -0.838. The maximum atomic E-state index is 11.5. The molecule has 0 aromatic heterocycles. The number of hydrogen-bond acceptors (Lipinski definition) is 2. The molecule has 0 radical (unpaired) electrons. The molecule has 2 aliphatic carbocycles. The highest BCUT2D eigenvalue weighted by molar-refractivity contribution is 5.97. The fourth-order valence-corrected chi connectivity index (χ4v) is 4.12. The Balaban J connectivity index is 1.93. The second kappa shape index (κ2) is 4.85. The fraction of sp³-hybridized carbons (Fsp3) is 0.389. The van der Waals surface area contributed by atoms with Crippen molar-refractivity contribution >= 4 is 17.6 Å². The molecule has 2 atom stereocenters. The van der Waals surface area contributed by atoms with Crippen molar-refractivity contribution in [3.8, 4) is 0 Å². The van der Waals surface area contributed by atoms with Gasteiger partial charge in [-0.1, -0.05) is 24.3 Å². The van der Waals surface area contributed by atoms with Crippen molar-refractivity contribution in [2.75, 3.05) is 6.54 Å². The lowest BCUT2D eigenvalue weighted by Gasteiger charge is -2.39. The molecular weight excluding hydrogens is 262 g/mol. The summed E-state index contributed by atoms with van der Waals surface area (Å²) in [6.45, 7) is 1.10. The standard InChI is InChI=1S/C18H19NO2/c20-18(21)14-4-1-3-13-12(14)8-6-11-7-9-16-15(17(11)13)5-2-10-19-16/h1,3-4,6,8,11,16,19H,2,5,7,9-10H2,(H,20,21). The van der Waals surface area contributed by atoms with Gasteiger partial charge in [0.15, 0.2) is 0 Å². The second-order valence-electron chi connectivity index (χ2n) is 6.16. The SMILES string of the molecule is O=C(O)c1cccc2c1C=CC1CCC3NCCCC3=C21. The van der Waals surface area contributed by atoms with Gasteiger partial charge in [-0.25, -0.2) is 4.79 Å². The largest absolute Gasteiger partial charge is 0.478 e. The van der Waals surface area contributed by atoms with Gasteiger partial charge < -0.3 is 10.4 Å². The molecule has 1 saturated heterocycles. The van der Waals surface area contributed by atoms with E-state index >= 15 is 0 Å². The molecule has 108 valence electrons. The Morgan fingerprint density at radius 3 is 3.05 bits per heavy atom. The third kappa shape index (κ3) is 1.95. The van der Waals surface area contributed by atoms with Gasteiger partial charge in [-0.15, -0.1) is 0 Å². The average molecular weight is 281 g/mol. The summed E-state index contributed by atoms with van der Waals surface area (Å²) in [5, 5.41) is 13.0. The van der Waals surface area contributed by atoms with Gasteiger partial charge in [-0.2, -0.15) is 0 Å². The van der Waals surface area contributed by atoms with Crippen LogP contribution in [-0.4, -0.2) is 23.7 Å². The second-order valence-corrected chi connectivity index (χ2v) is 6.16. The minimum absolute atomic E-state index is 0.418. The molecule has 21 heavy (non-hydrogen) atoms. The van der Waals surface area contributed by atoms with Gasteiger partial charge in [0.2, 0.25) is 0 Å². The van der Waals surface area contributed by atoms with Crippen LogP contribution in [0.25, 0.3) is 11.6 Å². The molecule has 1 aromatic carbocycles. The quantitative estimate of drug-likeness (QED) is 0.830. The summed E-state index contributed by atoms with van der Waals surface area (Å²) in [4.78, 5) is 11.5. The molecule has 4 rings (SSSR count). The van der Waals surface area contributed by atoms with E-state index in [0.717, 1.165) is 30.5 Å². The Kier molecular flexibility index (Phi) is 2.96. The predicted octanol–water partition coefficient (Wildman–Crippen LogP) is 3.33. The van der Waals surface area contributed by atoms with Gasteiger partial charge in [-0.05, 0) is 60.6 Å². The zero-order chi connectivity index (χ0) is 14.4. The Morgan fingerprint density at radius 2 is 2.19 bits per heavy atom. The van der Waals surface area contributed by atoms with Gasteiger partial charge in [0, 0.05) is 12.0 Å². The van der Waals surface area contributed by atoms with Crippen LogP contribution in [0.3, 0.4) is 0 Å². The van der Waals surface area contributed by atoms with Gasteiger partial charge in [-0.3, -0.25) is 0 Å². The van der Waals surface area contributed by atoms with Crippen molar-refractivity contribution in [1.82, 2.24) is 5.32 Å². The number of carboxylic acids is 1. The molecule has 3 aliphatic rings. The molecule has 2 unspecified atom stereocenters. The fourth-order valence-electron chi connectivity index (χ4n) is 4.12. The number of aromatic carboxylic acids is 1. The van der Waals surface area contributed by atoms with Gasteiger partial charge in [0.1, 0.15) is 0 Å². The van der Waals surface area contributed by atoms with Crippen molar-refractivity contribution in [3.05, 3.63) is 46.5 Å². The molecule has 0 saturated carbocycles. The number of allylic oxidation sites excluding steroid dienone is 2. The summed E-state index contributed by atoms with van der Waals surface area (Å²) in [5.41, 5.74) is 5.37. The molecule has 1 aliphatic heterocycles. The van der Waals surface area contributed by atoms with Crippen LogP contribution in [0.2, 0.25) is 0 Å². The van der Waals surface area contributed by atoms with E-state index in [0.29, 0.717) is 17.5 Å². The third-order valence-electron chi connectivity index (χ3n) is 5.04. The van der Waals surface area contributed by atoms with E-state index in [2.05, 4.69) is 17.5 Å². The van der Waals surface area contributed by atoms with Gasteiger partial charge >= 0.3 is 5.97 Å². The van der Waals surface area contributed by atoms with E-state index < -0.39 is 5.97 Å². The Bertz CT molecular complexity index is 672. The van der Waals surface area contributed by atoms with Crippen LogP contribution in [0, 0.1) is 5.92 Å². The van der Waals surface area contributed by atoms with Gasteiger partial charge in [0.25, 0.3) is 0 Å². The monoisotopic (exact) mass is 281 g/mol. The number of hydrogen-bond donors (Lipinski definition) is 2. The number of carboxylic acid groups (broad SMARTS) is 1. The maximum Gasteiger partial charge on any atom is 0.336 e. The zero-order valence-corrected chi connectivity index (χ0v) is 11.9. The van der Waals surface area contributed by atoms with Crippen molar-refractivity contribution < 1.29 is 9.90 Å².